The van der Waals surface area contributed by atoms with Gasteiger partial charge in [-0.05, 0) is 40.2 Å². The molecular weight excluding hydrogens is 340 g/mol. The summed E-state index contributed by atoms with van der Waals surface area (Å²) in [7, 11) is 0. The summed E-state index contributed by atoms with van der Waals surface area (Å²) in [6, 6.07) is 11.3. The Morgan fingerprint density at radius 2 is 2.05 bits per heavy atom. The van der Waals surface area contributed by atoms with Gasteiger partial charge in [-0.2, -0.15) is 5.10 Å². The van der Waals surface area contributed by atoms with Crippen molar-refractivity contribution in [2.45, 2.75) is 0 Å². The van der Waals surface area contributed by atoms with E-state index in [-0.39, 0.29) is 0 Å². The second-order valence-electron chi connectivity index (χ2n) is 4.20. The van der Waals surface area contributed by atoms with Gasteiger partial charge in [0.05, 0.1) is 22.0 Å². The Kier molecular flexibility index (Phi) is 3.46. The van der Waals surface area contributed by atoms with Crippen LogP contribution in [0.1, 0.15) is 0 Å². The van der Waals surface area contributed by atoms with E-state index in [2.05, 4.69) is 31.1 Å². The summed E-state index contributed by atoms with van der Waals surface area (Å²) in [4.78, 5) is 4.33. The van der Waals surface area contributed by atoms with Gasteiger partial charge in [-0.3, -0.25) is 10.1 Å². The highest BCUT2D eigenvalue weighted by Crippen LogP contribution is 2.35. The molecule has 0 atom stereocenters. The van der Waals surface area contributed by atoms with E-state index in [0.717, 1.165) is 27.0 Å². The van der Waals surface area contributed by atoms with Gasteiger partial charge < -0.3 is 5.73 Å². The standard InChI is InChI=1S/C14H10BrClN4/c15-9-5-4-8(7-10(9)16)13-12(14(17)20-19-13)11-3-1-2-6-18-11/h1-7H,(H3,17,19,20). The number of H-pyrrole nitrogens is 1. The number of nitrogens with one attached hydrogen (secondary N) is 1. The molecule has 4 nitrogen and oxygen atoms in total. The summed E-state index contributed by atoms with van der Waals surface area (Å²) < 4.78 is 0.842. The number of nitrogens with two attached hydrogens (primary N) is 1. The molecule has 0 saturated carbocycles. The minimum absolute atomic E-state index is 0.415. The fourth-order valence-electron chi connectivity index (χ4n) is 1.99. The summed E-state index contributed by atoms with van der Waals surface area (Å²) in [5, 5.41) is 7.65. The van der Waals surface area contributed by atoms with Crippen molar-refractivity contribution in [3.05, 3.63) is 52.1 Å². The van der Waals surface area contributed by atoms with Crippen molar-refractivity contribution < 1.29 is 0 Å². The summed E-state index contributed by atoms with van der Waals surface area (Å²) in [5.74, 6) is 0.415. The molecule has 0 radical (unpaired) electrons. The number of benzene rings is 1. The number of nitrogen functional groups attached to an aromatic ring is 1. The van der Waals surface area contributed by atoms with Gasteiger partial charge in [-0.1, -0.05) is 23.7 Å². The minimum Gasteiger partial charge on any atom is -0.382 e. The number of aromatic nitrogens is 3. The number of hydrogen-bond acceptors (Lipinski definition) is 3. The second-order valence-corrected chi connectivity index (χ2v) is 5.46. The van der Waals surface area contributed by atoms with Crippen molar-refractivity contribution in [1.82, 2.24) is 15.2 Å². The van der Waals surface area contributed by atoms with E-state index >= 15 is 0 Å². The summed E-state index contributed by atoms with van der Waals surface area (Å²) >= 11 is 9.52. The minimum atomic E-state index is 0.415. The first kappa shape index (κ1) is 13.1. The van der Waals surface area contributed by atoms with Gasteiger partial charge in [0.15, 0.2) is 5.82 Å². The Hall–Kier alpha value is -1.85. The van der Waals surface area contributed by atoms with Crippen molar-refractivity contribution in [3.8, 4) is 22.5 Å². The normalized spacial score (nSPS) is 10.7. The van der Waals surface area contributed by atoms with Crippen LogP contribution in [0.25, 0.3) is 22.5 Å². The van der Waals surface area contributed by atoms with Gasteiger partial charge in [-0.15, -0.1) is 0 Å². The molecule has 0 fully saturated rings. The fourth-order valence-corrected chi connectivity index (χ4v) is 2.41. The van der Waals surface area contributed by atoms with Crippen molar-refractivity contribution in [2.75, 3.05) is 5.73 Å². The van der Waals surface area contributed by atoms with Gasteiger partial charge in [0.2, 0.25) is 0 Å². The monoisotopic (exact) mass is 348 g/mol. The topological polar surface area (TPSA) is 67.6 Å². The molecule has 2 heterocycles. The van der Waals surface area contributed by atoms with E-state index in [1.807, 2.05) is 36.4 Å². The molecule has 3 rings (SSSR count). The third-order valence-electron chi connectivity index (χ3n) is 2.92. The van der Waals surface area contributed by atoms with Crippen LogP contribution in [0.4, 0.5) is 5.82 Å². The van der Waals surface area contributed by atoms with Crippen LogP contribution >= 0.6 is 27.5 Å². The van der Waals surface area contributed by atoms with E-state index in [4.69, 9.17) is 17.3 Å². The molecule has 0 amide bonds. The van der Waals surface area contributed by atoms with E-state index < -0.39 is 0 Å². The highest BCUT2D eigenvalue weighted by Gasteiger charge is 2.16. The first-order valence-corrected chi connectivity index (χ1v) is 7.04. The van der Waals surface area contributed by atoms with Crippen LogP contribution in [0.5, 0.6) is 0 Å². The van der Waals surface area contributed by atoms with Gasteiger partial charge in [0.1, 0.15) is 0 Å². The quantitative estimate of drug-likeness (QED) is 0.730. The largest absolute Gasteiger partial charge is 0.382 e. The number of pyridine rings is 1. The fraction of sp³-hybridized carbons (Fsp3) is 0. The van der Waals surface area contributed by atoms with E-state index in [1.54, 1.807) is 6.20 Å². The van der Waals surface area contributed by atoms with Crippen LogP contribution in [-0.2, 0) is 0 Å². The molecule has 0 unspecified atom stereocenters. The Labute approximate surface area is 129 Å². The molecule has 0 spiro atoms. The Morgan fingerprint density at radius 1 is 1.20 bits per heavy atom. The molecular formula is C14H10BrClN4. The molecule has 0 aliphatic heterocycles. The predicted octanol–water partition coefficient (Wildman–Crippen LogP) is 4.14. The molecule has 0 aliphatic carbocycles. The first-order valence-electron chi connectivity index (χ1n) is 5.87. The number of anilines is 1. The van der Waals surface area contributed by atoms with Crippen molar-refractivity contribution >= 4 is 33.3 Å². The second kappa shape index (κ2) is 5.26. The Morgan fingerprint density at radius 3 is 2.75 bits per heavy atom. The van der Waals surface area contributed by atoms with Gasteiger partial charge in [0, 0.05) is 16.2 Å². The summed E-state index contributed by atoms with van der Waals surface area (Å²) in [5.41, 5.74) is 9.21. The molecule has 6 heteroatoms. The van der Waals surface area contributed by atoms with E-state index in [1.165, 1.54) is 0 Å². The first-order chi connectivity index (χ1) is 9.66. The van der Waals surface area contributed by atoms with E-state index in [9.17, 15) is 0 Å². The molecule has 0 aliphatic rings. The molecule has 0 bridgehead atoms. The lowest BCUT2D eigenvalue weighted by Gasteiger charge is -2.05. The summed E-state index contributed by atoms with van der Waals surface area (Å²) in [6.07, 6.45) is 1.72. The smallest absolute Gasteiger partial charge is 0.155 e. The highest BCUT2D eigenvalue weighted by atomic mass is 79.9. The molecule has 1 aromatic carbocycles. The zero-order valence-corrected chi connectivity index (χ0v) is 12.6. The van der Waals surface area contributed by atoms with Crippen LogP contribution in [0.2, 0.25) is 5.02 Å². The average molecular weight is 350 g/mol. The third-order valence-corrected chi connectivity index (χ3v) is 4.16. The molecule has 3 N–H and O–H groups in total. The highest BCUT2D eigenvalue weighted by molar-refractivity contribution is 9.10. The predicted molar refractivity (Wildman–Crippen MR) is 84.4 cm³/mol. The number of halogens is 2. The lowest BCUT2D eigenvalue weighted by Crippen LogP contribution is -1.90. The van der Waals surface area contributed by atoms with Crippen LogP contribution < -0.4 is 5.73 Å². The van der Waals surface area contributed by atoms with Crippen molar-refractivity contribution in [1.29, 1.82) is 0 Å². The Bertz CT molecular complexity index is 755. The number of nitrogens with zero attached hydrogens (tertiary/aromatic N) is 2. The third kappa shape index (κ3) is 2.30. The van der Waals surface area contributed by atoms with Gasteiger partial charge >= 0.3 is 0 Å². The number of aromatic amines is 1. The molecule has 20 heavy (non-hydrogen) atoms. The number of rotatable bonds is 2. The average Bonchev–Trinajstić information content (AvgIpc) is 2.85. The summed E-state index contributed by atoms with van der Waals surface area (Å²) in [6.45, 7) is 0. The maximum atomic E-state index is 6.14. The maximum absolute atomic E-state index is 6.14. The van der Waals surface area contributed by atoms with Crippen LogP contribution in [0.3, 0.4) is 0 Å². The lowest BCUT2D eigenvalue weighted by molar-refractivity contribution is 1.10. The SMILES string of the molecule is Nc1n[nH]c(-c2ccc(Br)c(Cl)c2)c1-c1ccccn1. The Balaban J connectivity index is 2.18. The molecule has 2 aromatic heterocycles. The molecule has 100 valence electrons. The van der Waals surface area contributed by atoms with Crippen LogP contribution in [0, 0.1) is 0 Å². The van der Waals surface area contributed by atoms with Crippen LogP contribution in [-0.4, -0.2) is 15.2 Å². The maximum Gasteiger partial charge on any atom is 0.155 e. The zero-order chi connectivity index (χ0) is 14.1. The van der Waals surface area contributed by atoms with Crippen molar-refractivity contribution in [2.24, 2.45) is 0 Å². The van der Waals surface area contributed by atoms with Gasteiger partial charge in [0.25, 0.3) is 0 Å². The molecule has 3 aromatic rings. The van der Waals surface area contributed by atoms with Crippen LogP contribution in [0.15, 0.2) is 47.1 Å². The van der Waals surface area contributed by atoms with Gasteiger partial charge in [-0.25, -0.2) is 0 Å². The van der Waals surface area contributed by atoms with E-state index in [0.29, 0.717) is 10.8 Å². The van der Waals surface area contributed by atoms with Crippen molar-refractivity contribution in [3.63, 3.8) is 0 Å². The lowest BCUT2D eigenvalue weighted by atomic mass is 10.0. The zero-order valence-electron chi connectivity index (χ0n) is 10.3. The number of hydrogen-bond donors (Lipinski definition) is 2. The molecule has 0 saturated heterocycles.